The number of benzene rings is 1. The number of rotatable bonds is 4. The molecule has 118 valence electrons. The Kier molecular flexibility index (Phi) is 4.87. The zero-order valence-corrected chi connectivity index (χ0v) is 12.5. The number of nitrogens with zero attached hydrogens (tertiary/aromatic N) is 2. The molecule has 0 radical (unpaired) electrons. The molecule has 1 aromatic carbocycles. The monoisotopic (exact) mass is 335 g/mol. The molecule has 0 aliphatic rings. The number of anilines is 1. The van der Waals surface area contributed by atoms with Crippen molar-refractivity contribution in [2.75, 3.05) is 12.4 Å². The Morgan fingerprint density at radius 1 is 1.35 bits per heavy atom. The van der Waals surface area contributed by atoms with Crippen LogP contribution in [0, 0.1) is 10.1 Å². The van der Waals surface area contributed by atoms with Crippen molar-refractivity contribution < 1.29 is 19.2 Å². The number of pyridine rings is 1. The SMILES string of the molecule is COC(=O)c1cnc(Cl)c(NC(=O)c2ccccc2[N+](=O)[O-])c1. The van der Waals surface area contributed by atoms with Crippen molar-refractivity contribution in [3.05, 3.63) is 62.9 Å². The van der Waals surface area contributed by atoms with Crippen molar-refractivity contribution in [3.63, 3.8) is 0 Å². The van der Waals surface area contributed by atoms with Crippen LogP contribution in [0.4, 0.5) is 11.4 Å². The lowest BCUT2D eigenvalue weighted by Gasteiger charge is -2.08. The highest BCUT2D eigenvalue weighted by Crippen LogP contribution is 2.24. The highest BCUT2D eigenvalue weighted by molar-refractivity contribution is 6.32. The molecule has 1 N–H and O–H groups in total. The van der Waals surface area contributed by atoms with Crippen LogP contribution in [0.25, 0.3) is 0 Å². The Morgan fingerprint density at radius 3 is 2.70 bits per heavy atom. The molecule has 9 heteroatoms. The number of ether oxygens (including phenoxy) is 1. The minimum absolute atomic E-state index is 0.0396. The first-order chi connectivity index (χ1) is 10.9. The minimum atomic E-state index is -0.747. The summed E-state index contributed by atoms with van der Waals surface area (Å²) in [5, 5.41) is 13.3. The zero-order chi connectivity index (χ0) is 17.0. The third-order valence-electron chi connectivity index (χ3n) is 2.85. The van der Waals surface area contributed by atoms with E-state index in [0.717, 1.165) is 0 Å². The van der Waals surface area contributed by atoms with Gasteiger partial charge in [-0.05, 0) is 12.1 Å². The molecule has 0 aliphatic carbocycles. The number of nitro groups is 1. The molecule has 0 unspecified atom stereocenters. The van der Waals surface area contributed by atoms with Gasteiger partial charge in [0.2, 0.25) is 0 Å². The lowest BCUT2D eigenvalue weighted by atomic mass is 10.1. The van der Waals surface area contributed by atoms with Gasteiger partial charge in [0, 0.05) is 12.3 Å². The van der Waals surface area contributed by atoms with Gasteiger partial charge in [0.05, 0.1) is 23.3 Å². The first kappa shape index (κ1) is 16.4. The van der Waals surface area contributed by atoms with Gasteiger partial charge in [0.15, 0.2) is 5.15 Å². The Labute approximate surface area is 135 Å². The quantitative estimate of drug-likeness (QED) is 0.398. The van der Waals surface area contributed by atoms with Crippen molar-refractivity contribution in [1.82, 2.24) is 4.98 Å². The van der Waals surface area contributed by atoms with Gasteiger partial charge < -0.3 is 10.1 Å². The fourth-order valence-corrected chi connectivity index (χ4v) is 1.93. The van der Waals surface area contributed by atoms with Crippen molar-refractivity contribution in [1.29, 1.82) is 0 Å². The van der Waals surface area contributed by atoms with Crippen LogP contribution in [0.15, 0.2) is 36.5 Å². The molecule has 23 heavy (non-hydrogen) atoms. The maximum atomic E-state index is 12.2. The van der Waals surface area contributed by atoms with Crippen LogP contribution in [0.2, 0.25) is 5.15 Å². The molecule has 1 heterocycles. The summed E-state index contributed by atoms with van der Waals surface area (Å²) in [6, 6.07) is 6.72. The van der Waals surface area contributed by atoms with E-state index in [-0.39, 0.29) is 27.7 Å². The van der Waals surface area contributed by atoms with Gasteiger partial charge in [-0.15, -0.1) is 0 Å². The minimum Gasteiger partial charge on any atom is -0.465 e. The molecular weight excluding hydrogens is 326 g/mol. The number of hydrogen-bond donors (Lipinski definition) is 1. The van der Waals surface area contributed by atoms with E-state index in [2.05, 4.69) is 15.0 Å². The summed E-state index contributed by atoms with van der Waals surface area (Å²) in [5.41, 5.74) is -0.372. The fraction of sp³-hybridized carbons (Fsp3) is 0.0714. The number of amides is 1. The van der Waals surface area contributed by atoms with Crippen LogP contribution in [0.3, 0.4) is 0 Å². The molecule has 0 aliphatic heterocycles. The second-order valence-electron chi connectivity index (χ2n) is 4.28. The average Bonchev–Trinajstić information content (AvgIpc) is 2.56. The first-order valence-corrected chi connectivity index (χ1v) is 6.60. The van der Waals surface area contributed by atoms with E-state index in [0.29, 0.717) is 0 Å². The second-order valence-corrected chi connectivity index (χ2v) is 4.64. The van der Waals surface area contributed by atoms with Gasteiger partial charge in [-0.3, -0.25) is 14.9 Å². The molecule has 0 fully saturated rings. The fourth-order valence-electron chi connectivity index (χ4n) is 1.78. The number of hydrogen-bond acceptors (Lipinski definition) is 6. The molecule has 0 spiro atoms. The van der Waals surface area contributed by atoms with Gasteiger partial charge >= 0.3 is 5.97 Å². The van der Waals surface area contributed by atoms with E-state index in [1.165, 1.54) is 43.6 Å². The largest absolute Gasteiger partial charge is 0.465 e. The van der Waals surface area contributed by atoms with E-state index in [4.69, 9.17) is 11.6 Å². The normalized spacial score (nSPS) is 10.0. The van der Waals surface area contributed by atoms with Gasteiger partial charge in [0.25, 0.3) is 11.6 Å². The van der Waals surface area contributed by atoms with Gasteiger partial charge in [0.1, 0.15) is 5.56 Å². The third-order valence-corrected chi connectivity index (χ3v) is 3.15. The number of methoxy groups -OCH3 is 1. The van der Waals surface area contributed by atoms with Crippen LogP contribution >= 0.6 is 11.6 Å². The number of nitro benzene ring substituents is 1. The number of esters is 1. The molecule has 0 bridgehead atoms. The molecule has 2 rings (SSSR count). The number of halogens is 1. The number of carbonyl (C=O) groups excluding carboxylic acids is 2. The Bertz CT molecular complexity index is 794. The number of carbonyl (C=O) groups is 2. The number of nitrogens with one attached hydrogen (secondary N) is 1. The summed E-state index contributed by atoms with van der Waals surface area (Å²) in [4.78, 5) is 37.7. The molecule has 0 atom stereocenters. The zero-order valence-electron chi connectivity index (χ0n) is 11.8. The van der Waals surface area contributed by atoms with Crippen LogP contribution in [0.1, 0.15) is 20.7 Å². The Balaban J connectivity index is 2.34. The van der Waals surface area contributed by atoms with Crippen LogP contribution < -0.4 is 5.32 Å². The van der Waals surface area contributed by atoms with Crippen LogP contribution in [-0.2, 0) is 4.74 Å². The summed E-state index contributed by atoms with van der Waals surface area (Å²) >= 11 is 5.87. The highest BCUT2D eigenvalue weighted by atomic mass is 35.5. The predicted molar refractivity (Wildman–Crippen MR) is 81.6 cm³/mol. The van der Waals surface area contributed by atoms with E-state index in [9.17, 15) is 19.7 Å². The highest BCUT2D eigenvalue weighted by Gasteiger charge is 2.20. The van der Waals surface area contributed by atoms with Crippen LogP contribution in [-0.4, -0.2) is 28.9 Å². The summed E-state index contributed by atoms with van der Waals surface area (Å²) in [5.74, 6) is -1.40. The van der Waals surface area contributed by atoms with Crippen molar-refractivity contribution in [2.45, 2.75) is 0 Å². The van der Waals surface area contributed by atoms with E-state index >= 15 is 0 Å². The maximum Gasteiger partial charge on any atom is 0.339 e. The molecular formula is C14H10ClN3O5. The van der Waals surface area contributed by atoms with E-state index in [1.807, 2.05) is 0 Å². The van der Waals surface area contributed by atoms with Crippen molar-refractivity contribution in [3.8, 4) is 0 Å². The smallest absolute Gasteiger partial charge is 0.339 e. The molecule has 0 saturated heterocycles. The number of para-hydroxylation sites is 1. The van der Waals surface area contributed by atoms with Gasteiger partial charge in [-0.1, -0.05) is 23.7 Å². The van der Waals surface area contributed by atoms with Crippen LogP contribution in [0.5, 0.6) is 0 Å². The van der Waals surface area contributed by atoms with Gasteiger partial charge in [-0.25, -0.2) is 9.78 Å². The number of aromatic nitrogens is 1. The average molecular weight is 336 g/mol. The van der Waals surface area contributed by atoms with E-state index < -0.39 is 16.8 Å². The van der Waals surface area contributed by atoms with Crippen molar-refractivity contribution in [2.24, 2.45) is 0 Å². The summed E-state index contributed by atoms with van der Waals surface area (Å²) in [6.45, 7) is 0. The molecule has 2 aromatic rings. The molecule has 8 nitrogen and oxygen atoms in total. The predicted octanol–water partition coefficient (Wildman–Crippen LogP) is 2.68. The van der Waals surface area contributed by atoms with Crippen molar-refractivity contribution >= 4 is 34.9 Å². The molecule has 1 amide bonds. The Hall–Kier alpha value is -3.00. The van der Waals surface area contributed by atoms with E-state index in [1.54, 1.807) is 0 Å². The lowest BCUT2D eigenvalue weighted by molar-refractivity contribution is -0.385. The standard InChI is InChI=1S/C14H10ClN3O5/c1-23-14(20)8-6-10(12(15)16-7-8)17-13(19)9-4-2-3-5-11(9)18(21)22/h2-7H,1H3,(H,17,19). The lowest BCUT2D eigenvalue weighted by Crippen LogP contribution is -2.15. The summed E-state index contributed by atoms with van der Waals surface area (Å²) < 4.78 is 4.55. The topological polar surface area (TPSA) is 111 Å². The van der Waals surface area contributed by atoms with Gasteiger partial charge in [-0.2, -0.15) is 0 Å². The summed E-state index contributed by atoms with van der Waals surface area (Å²) in [7, 11) is 1.20. The Morgan fingerprint density at radius 2 is 2.04 bits per heavy atom. The molecule has 0 saturated carbocycles. The summed E-state index contributed by atoms with van der Waals surface area (Å²) in [6.07, 6.45) is 1.19. The maximum absolute atomic E-state index is 12.2. The first-order valence-electron chi connectivity index (χ1n) is 6.22. The molecule has 1 aromatic heterocycles. The third kappa shape index (κ3) is 3.61. The second kappa shape index (κ2) is 6.84.